The van der Waals surface area contributed by atoms with E-state index in [0.29, 0.717) is 25.3 Å². The second-order valence-corrected chi connectivity index (χ2v) is 10.3. The highest BCUT2D eigenvalue weighted by molar-refractivity contribution is 7.89. The van der Waals surface area contributed by atoms with Gasteiger partial charge in [0.25, 0.3) is 0 Å². The van der Waals surface area contributed by atoms with Crippen molar-refractivity contribution in [3.8, 4) is 0 Å². The van der Waals surface area contributed by atoms with E-state index in [1.165, 1.54) is 12.1 Å². The quantitative estimate of drug-likeness (QED) is 0.564. The number of sulfonamides is 1. The summed E-state index contributed by atoms with van der Waals surface area (Å²) in [6.45, 7) is 11.0. The zero-order valence-electron chi connectivity index (χ0n) is 19.6. The monoisotopic (exact) mass is 474 g/mol. The maximum Gasteiger partial charge on any atom is 0.238 e. The van der Waals surface area contributed by atoms with E-state index < -0.39 is 10.0 Å². The number of primary sulfonamides is 1. The van der Waals surface area contributed by atoms with Crippen LogP contribution in [0.1, 0.15) is 43.3 Å². The van der Waals surface area contributed by atoms with Crippen LogP contribution in [0.4, 0.5) is 5.82 Å². The van der Waals surface area contributed by atoms with E-state index in [0.717, 1.165) is 55.6 Å². The first kappa shape index (κ1) is 25.1. The van der Waals surface area contributed by atoms with E-state index in [1.54, 1.807) is 12.1 Å². The van der Waals surface area contributed by atoms with Crippen molar-refractivity contribution in [2.24, 2.45) is 5.14 Å². The van der Waals surface area contributed by atoms with E-state index in [2.05, 4.69) is 33.9 Å². The molecular weight excluding hydrogens is 440 g/mol. The first-order valence-electron chi connectivity index (χ1n) is 11.3. The number of piperazine rings is 1. The summed E-state index contributed by atoms with van der Waals surface area (Å²) in [7, 11) is -3.68. The SMILES string of the molecule is Cc1cc(N2CCN(CCC(=O)NCCc3ccc(S(N)(=O)=O)cc3)CC2)nc(C(C)C)n1. The second kappa shape index (κ2) is 11.0. The molecule has 180 valence electrons. The molecular formula is C23H34N6O3S. The van der Waals surface area contributed by atoms with Crippen LogP contribution in [0.3, 0.4) is 0 Å². The van der Waals surface area contributed by atoms with Crippen LogP contribution in [0, 0.1) is 6.92 Å². The maximum atomic E-state index is 12.2. The molecule has 1 aromatic carbocycles. The minimum absolute atomic E-state index is 0.0200. The molecule has 33 heavy (non-hydrogen) atoms. The van der Waals surface area contributed by atoms with Crippen LogP contribution in [0.5, 0.6) is 0 Å². The van der Waals surface area contributed by atoms with Crippen molar-refractivity contribution in [2.75, 3.05) is 44.2 Å². The molecule has 1 saturated heterocycles. The Labute approximate surface area is 196 Å². The number of amides is 1. The Balaban J connectivity index is 1.37. The second-order valence-electron chi connectivity index (χ2n) is 8.75. The molecule has 1 amide bonds. The number of aryl methyl sites for hydroxylation is 1. The summed E-state index contributed by atoms with van der Waals surface area (Å²) in [5, 5.41) is 8.04. The third-order valence-electron chi connectivity index (χ3n) is 5.71. The molecule has 0 atom stereocenters. The molecule has 0 unspecified atom stereocenters. The third-order valence-corrected chi connectivity index (χ3v) is 6.64. The van der Waals surface area contributed by atoms with E-state index in [4.69, 9.17) is 10.1 Å². The minimum Gasteiger partial charge on any atom is -0.356 e. The number of hydrogen-bond donors (Lipinski definition) is 2. The third kappa shape index (κ3) is 7.48. The molecule has 0 bridgehead atoms. The van der Waals surface area contributed by atoms with Crippen molar-refractivity contribution in [3.05, 3.63) is 47.4 Å². The molecule has 1 aliphatic heterocycles. The highest BCUT2D eigenvalue weighted by atomic mass is 32.2. The topological polar surface area (TPSA) is 122 Å². The number of nitrogens with two attached hydrogens (primary N) is 1. The van der Waals surface area contributed by atoms with Gasteiger partial charge in [-0.1, -0.05) is 26.0 Å². The van der Waals surface area contributed by atoms with Crippen molar-refractivity contribution in [1.82, 2.24) is 20.2 Å². The average molecular weight is 475 g/mol. The fourth-order valence-electron chi connectivity index (χ4n) is 3.74. The predicted molar refractivity (Wildman–Crippen MR) is 129 cm³/mol. The van der Waals surface area contributed by atoms with Crippen molar-refractivity contribution in [1.29, 1.82) is 0 Å². The molecule has 1 fully saturated rings. The minimum atomic E-state index is -3.68. The molecule has 0 spiro atoms. The molecule has 1 aromatic heterocycles. The standard InChI is InChI=1S/C23H34N6O3S/c1-17(2)23-26-18(3)16-21(27-23)29-14-12-28(13-15-29)11-9-22(30)25-10-8-19-4-6-20(7-5-19)33(24,31)32/h4-7,16-17H,8-15H2,1-3H3,(H,25,30)(H2,24,31,32). The van der Waals surface area contributed by atoms with Gasteiger partial charge in [0.1, 0.15) is 11.6 Å². The van der Waals surface area contributed by atoms with Gasteiger partial charge in [-0.2, -0.15) is 0 Å². The Kier molecular flexibility index (Phi) is 8.39. The molecule has 2 heterocycles. The van der Waals surface area contributed by atoms with Gasteiger partial charge in [0.15, 0.2) is 0 Å². The summed E-state index contributed by atoms with van der Waals surface area (Å²) in [5.41, 5.74) is 1.93. The number of hydrogen-bond acceptors (Lipinski definition) is 7. The Morgan fingerprint density at radius 3 is 2.39 bits per heavy atom. The Morgan fingerprint density at radius 1 is 1.12 bits per heavy atom. The van der Waals surface area contributed by atoms with Gasteiger partial charge in [-0.05, 0) is 31.0 Å². The van der Waals surface area contributed by atoms with Gasteiger partial charge >= 0.3 is 0 Å². The van der Waals surface area contributed by atoms with Crippen molar-refractivity contribution in [3.63, 3.8) is 0 Å². The molecule has 2 aromatic rings. The summed E-state index contributed by atoms with van der Waals surface area (Å²) in [5.74, 6) is 2.18. The molecule has 3 rings (SSSR count). The van der Waals surface area contributed by atoms with Gasteiger partial charge in [-0.15, -0.1) is 0 Å². The predicted octanol–water partition coefficient (Wildman–Crippen LogP) is 1.43. The number of nitrogens with zero attached hydrogens (tertiary/aromatic N) is 4. The first-order valence-corrected chi connectivity index (χ1v) is 12.9. The van der Waals surface area contributed by atoms with Crippen LogP contribution >= 0.6 is 0 Å². The Bertz CT molecular complexity index is 1050. The molecule has 10 heteroatoms. The van der Waals surface area contributed by atoms with Gasteiger partial charge in [0, 0.05) is 63.4 Å². The number of nitrogens with one attached hydrogen (secondary N) is 1. The summed E-state index contributed by atoms with van der Waals surface area (Å²) in [6.07, 6.45) is 1.08. The highest BCUT2D eigenvalue weighted by Gasteiger charge is 2.20. The van der Waals surface area contributed by atoms with E-state index in [9.17, 15) is 13.2 Å². The normalized spacial score (nSPS) is 15.1. The zero-order chi connectivity index (χ0) is 24.0. The summed E-state index contributed by atoms with van der Waals surface area (Å²) < 4.78 is 22.6. The van der Waals surface area contributed by atoms with Crippen LogP contribution < -0.4 is 15.4 Å². The number of anilines is 1. The summed E-state index contributed by atoms with van der Waals surface area (Å²) >= 11 is 0. The molecule has 9 nitrogen and oxygen atoms in total. The smallest absolute Gasteiger partial charge is 0.238 e. The number of aromatic nitrogens is 2. The van der Waals surface area contributed by atoms with Crippen molar-refractivity contribution >= 4 is 21.7 Å². The number of carbonyl (C=O) groups is 1. The number of carbonyl (C=O) groups excluding carboxylic acids is 1. The highest BCUT2D eigenvalue weighted by Crippen LogP contribution is 2.18. The van der Waals surface area contributed by atoms with Crippen LogP contribution in [0.2, 0.25) is 0 Å². The van der Waals surface area contributed by atoms with Crippen LogP contribution in [0.15, 0.2) is 35.2 Å². The summed E-state index contributed by atoms with van der Waals surface area (Å²) in [6, 6.07) is 8.44. The first-order chi connectivity index (χ1) is 15.6. The number of benzene rings is 1. The lowest BCUT2D eigenvalue weighted by Gasteiger charge is -2.35. The lowest BCUT2D eigenvalue weighted by Crippen LogP contribution is -2.47. The van der Waals surface area contributed by atoms with Crippen LogP contribution in [-0.2, 0) is 21.2 Å². The van der Waals surface area contributed by atoms with Gasteiger partial charge in [0.2, 0.25) is 15.9 Å². The molecule has 0 saturated carbocycles. The molecule has 1 aliphatic rings. The van der Waals surface area contributed by atoms with E-state index in [1.807, 2.05) is 13.0 Å². The summed E-state index contributed by atoms with van der Waals surface area (Å²) in [4.78, 5) is 26.2. The van der Waals surface area contributed by atoms with E-state index >= 15 is 0 Å². The van der Waals surface area contributed by atoms with Gasteiger partial charge < -0.3 is 10.2 Å². The lowest BCUT2D eigenvalue weighted by molar-refractivity contribution is -0.121. The molecule has 0 aliphatic carbocycles. The average Bonchev–Trinajstić information content (AvgIpc) is 2.77. The van der Waals surface area contributed by atoms with Gasteiger partial charge in [-0.3, -0.25) is 9.69 Å². The van der Waals surface area contributed by atoms with Crippen molar-refractivity contribution < 1.29 is 13.2 Å². The number of rotatable bonds is 9. The fraction of sp³-hybridized carbons (Fsp3) is 0.522. The zero-order valence-corrected chi connectivity index (χ0v) is 20.4. The van der Waals surface area contributed by atoms with E-state index in [-0.39, 0.29) is 10.8 Å². The Morgan fingerprint density at radius 2 is 1.79 bits per heavy atom. The Hall–Kier alpha value is -2.56. The fourth-order valence-corrected chi connectivity index (χ4v) is 4.25. The largest absolute Gasteiger partial charge is 0.356 e. The van der Waals surface area contributed by atoms with Crippen molar-refractivity contribution in [2.45, 2.75) is 44.4 Å². The van der Waals surface area contributed by atoms with Crippen LogP contribution in [0.25, 0.3) is 0 Å². The van der Waals surface area contributed by atoms with Gasteiger partial charge in [0.05, 0.1) is 4.90 Å². The van der Waals surface area contributed by atoms with Crippen LogP contribution in [-0.4, -0.2) is 68.5 Å². The molecule has 0 radical (unpaired) electrons. The maximum absolute atomic E-state index is 12.2. The lowest BCUT2D eigenvalue weighted by atomic mass is 10.1. The van der Waals surface area contributed by atoms with Gasteiger partial charge in [-0.25, -0.2) is 23.5 Å². The molecule has 3 N–H and O–H groups in total.